The molecule has 0 saturated heterocycles. The maximum atomic E-state index is 12.0. The van der Waals surface area contributed by atoms with Crippen LogP contribution in [0.4, 0.5) is 5.69 Å². The number of nitrogens with zero attached hydrogens (tertiary/aromatic N) is 2. The van der Waals surface area contributed by atoms with Gasteiger partial charge in [0.2, 0.25) is 0 Å². The number of rotatable bonds is 7. The Kier molecular flexibility index (Phi) is 7.33. The van der Waals surface area contributed by atoms with Gasteiger partial charge in [0.25, 0.3) is 0 Å². The molecule has 166 valence electrons. The van der Waals surface area contributed by atoms with Crippen LogP contribution in [0.15, 0.2) is 120 Å². The van der Waals surface area contributed by atoms with Crippen molar-refractivity contribution < 1.29 is 4.79 Å². The highest BCUT2D eigenvalue weighted by Gasteiger charge is 2.27. The van der Waals surface area contributed by atoms with Gasteiger partial charge in [0.15, 0.2) is 5.78 Å². The van der Waals surface area contributed by atoms with Crippen molar-refractivity contribution in [3.8, 4) is 6.07 Å². The van der Waals surface area contributed by atoms with E-state index in [0.29, 0.717) is 12.0 Å². The van der Waals surface area contributed by atoms with Crippen molar-refractivity contribution in [3.05, 3.63) is 126 Å². The highest BCUT2D eigenvalue weighted by Crippen LogP contribution is 2.49. The van der Waals surface area contributed by atoms with E-state index in [9.17, 15) is 10.1 Å². The lowest BCUT2D eigenvalue weighted by Gasteiger charge is -2.27. The maximum Gasteiger partial charge on any atom is 0.155 e. The monoisotopic (exact) mass is 460 g/mol. The fourth-order valence-electron chi connectivity index (χ4n) is 3.86. The molecule has 0 fully saturated rings. The maximum absolute atomic E-state index is 12.0. The molecular formula is C30H25N2OP. The molecule has 4 rings (SSSR count). The van der Waals surface area contributed by atoms with Gasteiger partial charge in [-0.3, -0.25) is 9.54 Å². The Morgan fingerprint density at radius 3 is 1.76 bits per heavy atom. The second-order valence-corrected chi connectivity index (χ2v) is 10.8. The summed E-state index contributed by atoms with van der Waals surface area (Å²) in [4.78, 5) is 12.0. The first-order valence-corrected chi connectivity index (χ1v) is 13.0. The average Bonchev–Trinajstić information content (AvgIpc) is 2.92. The number of ketones is 1. The molecule has 0 spiro atoms. The van der Waals surface area contributed by atoms with Gasteiger partial charge in [-0.2, -0.15) is 5.26 Å². The van der Waals surface area contributed by atoms with Crippen molar-refractivity contribution in [2.24, 2.45) is 4.74 Å². The minimum absolute atomic E-state index is 0.0311. The first kappa shape index (κ1) is 23.2. The molecule has 0 aliphatic carbocycles. The lowest BCUT2D eigenvalue weighted by atomic mass is 10.1. The zero-order chi connectivity index (χ0) is 23.8. The van der Waals surface area contributed by atoms with Crippen LogP contribution < -0.4 is 15.9 Å². The van der Waals surface area contributed by atoms with E-state index < -0.39 is 7.05 Å². The predicted octanol–water partition coefficient (Wildman–Crippen LogP) is 6.36. The van der Waals surface area contributed by atoms with E-state index in [1.165, 1.54) is 0 Å². The number of nitriles is 1. The van der Waals surface area contributed by atoms with E-state index in [2.05, 4.69) is 42.5 Å². The van der Waals surface area contributed by atoms with Crippen molar-refractivity contribution in [2.45, 2.75) is 13.3 Å². The van der Waals surface area contributed by atoms with Gasteiger partial charge < -0.3 is 0 Å². The molecule has 0 amide bonds. The van der Waals surface area contributed by atoms with Crippen molar-refractivity contribution in [2.75, 3.05) is 0 Å². The summed E-state index contributed by atoms with van der Waals surface area (Å²) in [7, 11) is -2.46. The summed E-state index contributed by atoms with van der Waals surface area (Å²) < 4.78 is 5.52. The fraction of sp³-hybridized carbons (Fsp3) is 0.0667. The summed E-state index contributed by atoms with van der Waals surface area (Å²) in [5, 5.41) is 12.9. The fourth-order valence-corrected chi connectivity index (χ4v) is 7.42. The molecule has 0 bridgehead atoms. The molecule has 3 nitrogen and oxygen atoms in total. The largest absolute Gasteiger partial charge is 0.295 e. The molecular weight excluding hydrogens is 435 g/mol. The molecule has 0 heterocycles. The topological polar surface area (TPSA) is 53.2 Å². The summed E-state index contributed by atoms with van der Waals surface area (Å²) in [5.41, 5.74) is 2.04. The first-order valence-electron chi connectivity index (χ1n) is 11.2. The van der Waals surface area contributed by atoms with Crippen LogP contribution in [0.1, 0.15) is 24.5 Å². The van der Waals surface area contributed by atoms with Crippen molar-refractivity contribution in [3.63, 3.8) is 0 Å². The zero-order valence-corrected chi connectivity index (χ0v) is 19.9. The molecule has 0 saturated carbocycles. The molecule has 4 heteroatoms. The van der Waals surface area contributed by atoms with E-state index in [1.807, 2.05) is 67.6 Å². The Labute approximate surface area is 201 Å². The van der Waals surface area contributed by atoms with Crippen LogP contribution in [-0.2, 0) is 4.79 Å². The highest BCUT2D eigenvalue weighted by molar-refractivity contribution is 7.87. The van der Waals surface area contributed by atoms with E-state index in [-0.39, 0.29) is 5.78 Å². The summed E-state index contributed by atoms with van der Waals surface area (Å²) >= 11 is 0. The molecule has 0 unspecified atom stereocenters. The average molecular weight is 461 g/mol. The molecule has 34 heavy (non-hydrogen) atoms. The van der Waals surface area contributed by atoms with Crippen LogP contribution >= 0.6 is 7.05 Å². The van der Waals surface area contributed by atoms with Gasteiger partial charge in [0, 0.05) is 27.9 Å². The van der Waals surface area contributed by atoms with Crippen LogP contribution in [0.25, 0.3) is 6.08 Å². The second-order valence-electron chi connectivity index (χ2n) is 7.78. The minimum Gasteiger partial charge on any atom is -0.295 e. The third kappa shape index (κ3) is 4.84. The quantitative estimate of drug-likeness (QED) is 0.238. The molecule has 0 radical (unpaired) electrons. The summed E-state index contributed by atoms with van der Waals surface area (Å²) in [6.45, 7) is 1.83. The van der Waals surface area contributed by atoms with Gasteiger partial charge in [0.1, 0.15) is 0 Å². The minimum atomic E-state index is -2.46. The number of carbonyl (C=O) groups is 1. The van der Waals surface area contributed by atoms with Gasteiger partial charge in [-0.1, -0.05) is 97.9 Å². The predicted molar refractivity (Wildman–Crippen MR) is 143 cm³/mol. The van der Waals surface area contributed by atoms with Crippen molar-refractivity contribution in [1.29, 1.82) is 5.26 Å². The van der Waals surface area contributed by atoms with E-state index in [4.69, 9.17) is 4.74 Å². The number of allylic oxidation sites excluding steroid dienone is 1. The smallest absolute Gasteiger partial charge is 0.155 e. The number of hydrogen-bond acceptors (Lipinski definition) is 3. The van der Waals surface area contributed by atoms with E-state index in [0.717, 1.165) is 27.2 Å². The Balaban J connectivity index is 2.11. The van der Waals surface area contributed by atoms with Crippen molar-refractivity contribution in [1.82, 2.24) is 0 Å². The number of carbonyl (C=O) groups excluding carboxylic acids is 1. The summed E-state index contributed by atoms with van der Waals surface area (Å²) in [6, 6.07) is 38.8. The third-order valence-corrected chi connectivity index (χ3v) is 9.25. The van der Waals surface area contributed by atoms with Crippen LogP contribution in [0.5, 0.6) is 0 Å². The van der Waals surface area contributed by atoms with Crippen LogP contribution in [0.3, 0.4) is 0 Å². The SMILES string of the molecule is CCC(=O)/C=C/c1cc(C#N)ccc1N=P(c1ccccc1)(c1ccccc1)c1ccccc1. The molecule has 0 aliphatic rings. The molecule has 4 aromatic rings. The van der Waals surface area contributed by atoms with Gasteiger partial charge in [0.05, 0.1) is 24.4 Å². The normalized spacial score (nSPS) is 11.2. The van der Waals surface area contributed by atoms with Gasteiger partial charge >= 0.3 is 0 Å². The van der Waals surface area contributed by atoms with Crippen LogP contribution in [0.2, 0.25) is 0 Å². The van der Waals surface area contributed by atoms with E-state index in [1.54, 1.807) is 24.3 Å². The molecule has 0 aromatic heterocycles. The lowest BCUT2D eigenvalue weighted by molar-refractivity contribution is -0.114. The number of benzene rings is 4. The Morgan fingerprint density at radius 1 is 0.824 bits per heavy atom. The van der Waals surface area contributed by atoms with Gasteiger partial charge in [-0.05, 0) is 30.4 Å². The standard InChI is InChI=1S/C30H25N2OP/c1-2-26(33)20-19-25-22-24(23-31)18-21-30(25)32-34(27-12-6-3-7-13-27,28-14-8-4-9-15-28)29-16-10-5-11-17-29/h3-22H,2H2,1H3/b20-19+. The molecule has 4 aromatic carbocycles. The molecule has 0 N–H and O–H groups in total. The zero-order valence-electron chi connectivity index (χ0n) is 19.0. The van der Waals surface area contributed by atoms with Gasteiger partial charge in [-0.15, -0.1) is 0 Å². The Morgan fingerprint density at radius 2 is 1.32 bits per heavy atom. The Hall–Kier alpha value is -3.99. The summed E-state index contributed by atoms with van der Waals surface area (Å²) in [6.07, 6.45) is 3.78. The van der Waals surface area contributed by atoms with E-state index >= 15 is 0 Å². The Bertz CT molecular complexity index is 1300. The van der Waals surface area contributed by atoms with Gasteiger partial charge in [-0.25, -0.2) is 0 Å². The molecule has 0 aliphatic heterocycles. The lowest BCUT2D eigenvalue weighted by Crippen LogP contribution is -2.25. The van der Waals surface area contributed by atoms with Crippen LogP contribution in [0, 0.1) is 11.3 Å². The van der Waals surface area contributed by atoms with Crippen molar-refractivity contribution >= 4 is 40.5 Å². The first-order chi connectivity index (χ1) is 16.7. The highest BCUT2D eigenvalue weighted by atomic mass is 31.2. The third-order valence-electron chi connectivity index (χ3n) is 5.60. The second kappa shape index (κ2) is 10.8. The summed E-state index contributed by atoms with van der Waals surface area (Å²) in [5.74, 6) is 0.0311. The molecule has 0 atom stereocenters. The number of hydrogen-bond donors (Lipinski definition) is 0. The van der Waals surface area contributed by atoms with Crippen LogP contribution in [-0.4, -0.2) is 5.78 Å².